The van der Waals surface area contributed by atoms with Crippen molar-refractivity contribution < 1.29 is 41.8 Å². The maximum atomic E-state index is 14.2. The number of phosphoric acid groups is 1. The van der Waals surface area contributed by atoms with E-state index in [0.29, 0.717) is 19.6 Å². The van der Waals surface area contributed by atoms with Crippen molar-refractivity contribution >= 4 is 7.82 Å². The second-order valence-electron chi connectivity index (χ2n) is 13.4. The molecule has 10 heteroatoms. The fraction of sp³-hybridized carbons (Fsp3) is 0.526. The fourth-order valence-corrected chi connectivity index (χ4v) is 8.08. The summed E-state index contributed by atoms with van der Waals surface area (Å²) in [6.07, 6.45) is 1.72. The summed E-state index contributed by atoms with van der Waals surface area (Å²) in [7, 11) is -4.04. The van der Waals surface area contributed by atoms with Gasteiger partial charge in [0.25, 0.3) is 0 Å². The zero-order chi connectivity index (χ0) is 33.2. The number of benzene rings is 3. The highest BCUT2D eigenvalue weighted by Gasteiger charge is 2.54. The Morgan fingerprint density at radius 2 is 1.29 bits per heavy atom. The first-order valence-corrected chi connectivity index (χ1v) is 18.7. The monoisotopic (exact) mass is 680 g/mol. The van der Waals surface area contributed by atoms with E-state index in [1.165, 1.54) is 6.42 Å². The minimum atomic E-state index is -4.04. The summed E-state index contributed by atoms with van der Waals surface area (Å²) in [5.74, 6) is 0. The molecular weight excluding hydrogens is 631 g/mol. The van der Waals surface area contributed by atoms with Gasteiger partial charge >= 0.3 is 7.82 Å². The standard InChI is InChI=1S/C38H49O9P/c1-38(2)23-24-43-48(39,47-38)46-36-35(42-27-31-19-11-5-12-20-31)34(41-26-30-17-9-4-10-18-30)33(28-40-25-29-15-7-3-8-16-29)45-37(36)44-32-21-13-6-14-22-32/h3-5,7-12,15-20,32-37H,6,13-14,21-28H2,1-2H3. The molecule has 3 fully saturated rings. The first-order chi connectivity index (χ1) is 23.4. The van der Waals surface area contributed by atoms with E-state index in [4.69, 9.17) is 37.3 Å². The van der Waals surface area contributed by atoms with Crippen LogP contribution in [0.5, 0.6) is 0 Å². The van der Waals surface area contributed by atoms with Crippen LogP contribution < -0.4 is 0 Å². The van der Waals surface area contributed by atoms with Crippen molar-refractivity contribution in [1.29, 1.82) is 0 Å². The first kappa shape index (κ1) is 35.4. The lowest BCUT2D eigenvalue weighted by Crippen LogP contribution is -2.62. The second kappa shape index (κ2) is 17.0. The van der Waals surface area contributed by atoms with Crippen molar-refractivity contribution in [1.82, 2.24) is 0 Å². The Morgan fingerprint density at radius 1 is 0.729 bits per heavy atom. The Labute approximate surface area is 284 Å². The molecule has 2 heterocycles. The average molecular weight is 681 g/mol. The summed E-state index contributed by atoms with van der Waals surface area (Å²) >= 11 is 0. The Hall–Kier alpha value is -2.43. The molecule has 260 valence electrons. The van der Waals surface area contributed by atoms with E-state index in [1.54, 1.807) is 0 Å². The third-order valence-corrected chi connectivity index (χ3v) is 10.7. The van der Waals surface area contributed by atoms with Crippen LogP contribution in [0, 0.1) is 0 Å². The molecule has 6 unspecified atom stereocenters. The normalized spacial score (nSPS) is 29.4. The number of rotatable bonds is 14. The number of hydrogen-bond donors (Lipinski definition) is 0. The Morgan fingerprint density at radius 3 is 1.88 bits per heavy atom. The van der Waals surface area contributed by atoms with Crippen molar-refractivity contribution in [2.45, 2.75) is 115 Å². The Balaban J connectivity index is 1.32. The Bertz CT molecular complexity index is 1420. The molecule has 9 nitrogen and oxygen atoms in total. The van der Waals surface area contributed by atoms with Crippen molar-refractivity contribution in [2.75, 3.05) is 13.2 Å². The van der Waals surface area contributed by atoms with Crippen LogP contribution in [0.1, 0.15) is 69.1 Å². The van der Waals surface area contributed by atoms with Gasteiger partial charge in [-0.25, -0.2) is 4.57 Å². The van der Waals surface area contributed by atoms with E-state index < -0.39 is 44.1 Å². The van der Waals surface area contributed by atoms with Gasteiger partial charge in [0.1, 0.15) is 24.4 Å². The van der Waals surface area contributed by atoms with Crippen LogP contribution in [0.3, 0.4) is 0 Å². The number of hydrogen-bond acceptors (Lipinski definition) is 9. The SMILES string of the molecule is CC1(C)CCOP(=O)(OC2C(OC3CCCCC3)OC(COCc3ccccc3)C(OCc3ccccc3)C2OCc2ccccc2)O1. The maximum absolute atomic E-state index is 14.2. The van der Waals surface area contributed by atoms with Crippen molar-refractivity contribution in [3.05, 3.63) is 108 Å². The van der Waals surface area contributed by atoms with Gasteiger partial charge in [-0.1, -0.05) is 110 Å². The lowest BCUT2D eigenvalue weighted by molar-refractivity contribution is -0.326. The van der Waals surface area contributed by atoms with Gasteiger partial charge in [-0.15, -0.1) is 0 Å². The quantitative estimate of drug-likeness (QED) is 0.157. The molecular formula is C38H49O9P. The minimum absolute atomic E-state index is 0.0390. The molecule has 6 atom stereocenters. The molecule has 48 heavy (non-hydrogen) atoms. The molecule has 2 aliphatic heterocycles. The summed E-state index contributed by atoms with van der Waals surface area (Å²) in [4.78, 5) is 0. The predicted molar refractivity (Wildman–Crippen MR) is 181 cm³/mol. The summed E-state index contributed by atoms with van der Waals surface area (Å²) in [6.45, 7) is 5.19. The molecule has 0 N–H and O–H groups in total. The van der Waals surface area contributed by atoms with Crippen LogP contribution in [-0.2, 0) is 61.6 Å². The van der Waals surface area contributed by atoms with Crippen molar-refractivity contribution in [3.8, 4) is 0 Å². The van der Waals surface area contributed by atoms with Crippen molar-refractivity contribution in [3.63, 3.8) is 0 Å². The van der Waals surface area contributed by atoms with Crippen LogP contribution in [0.15, 0.2) is 91.0 Å². The molecule has 1 saturated carbocycles. The smallest absolute Gasteiger partial charge is 0.374 e. The third-order valence-electron chi connectivity index (χ3n) is 9.00. The van der Waals surface area contributed by atoms with Gasteiger partial charge < -0.3 is 23.7 Å². The van der Waals surface area contributed by atoms with Gasteiger partial charge in [0.2, 0.25) is 0 Å². The third kappa shape index (κ3) is 10.1. The minimum Gasteiger partial charge on any atom is -0.374 e. The second-order valence-corrected chi connectivity index (χ2v) is 15.0. The number of phosphoric ester groups is 1. The van der Waals surface area contributed by atoms with E-state index in [0.717, 1.165) is 42.4 Å². The van der Waals surface area contributed by atoms with Gasteiger partial charge in [-0.2, -0.15) is 0 Å². The molecule has 0 bridgehead atoms. The fourth-order valence-electron chi connectivity index (χ4n) is 6.40. The molecule has 3 aromatic rings. The highest BCUT2D eigenvalue weighted by Crippen LogP contribution is 2.58. The lowest BCUT2D eigenvalue weighted by Gasteiger charge is -2.47. The van der Waals surface area contributed by atoms with E-state index in [9.17, 15) is 4.57 Å². The maximum Gasteiger partial charge on any atom is 0.475 e. The highest BCUT2D eigenvalue weighted by molar-refractivity contribution is 7.48. The van der Waals surface area contributed by atoms with Gasteiger partial charge in [-0.05, 0) is 43.4 Å². The van der Waals surface area contributed by atoms with E-state index in [2.05, 4.69) is 0 Å². The van der Waals surface area contributed by atoms with E-state index in [-0.39, 0.29) is 25.9 Å². The molecule has 1 aliphatic carbocycles. The number of ether oxygens (including phenoxy) is 5. The predicted octanol–water partition coefficient (Wildman–Crippen LogP) is 8.16. The van der Waals surface area contributed by atoms with Crippen LogP contribution in [0.4, 0.5) is 0 Å². The summed E-state index contributed by atoms with van der Waals surface area (Å²) in [5.41, 5.74) is 2.33. The van der Waals surface area contributed by atoms with E-state index >= 15 is 0 Å². The van der Waals surface area contributed by atoms with Gasteiger partial charge in [0, 0.05) is 6.42 Å². The lowest BCUT2D eigenvalue weighted by atomic mass is 9.96. The van der Waals surface area contributed by atoms with Crippen LogP contribution in [-0.4, -0.2) is 55.6 Å². The summed E-state index contributed by atoms with van der Waals surface area (Å²) in [6, 6.07) is 29.9. The van der Waals surface area contributed by atoms with Crippen LogP contribution >= 0.6 is 7.82 Å². The topological polar surface area (TPSA) is 90.9 Å². The molecule has 0 amide bonds. The highest BCUT2D eigenvalue weighted by atomic mass is 31.2. The van der Waals surface area contributed by atoms with Crippen LogP contribution in [0.25, 0.3) is 0 Å². The van der Waals surface area contributed by atoms with Gasteiger partial charge in [0.15, 0.2) is 6.29 Å². The average Bonchev–Trinajstić information content (AvgIpc) is 3.09. The van der Waals surface area contributed by atoms with Gasteiger partial charge in [-0.3, -0.25) is 13.6 Å². The molecule has 3 aliphatic rings. The molecule has 6 rings (SSSR count). The molecule has 0 radical (unpaired) electrons. The molecule has 0 spiro atoms. The first-order valence-electron chi connectivity index (χ1n) is 17.2. The zero-order valence-electron chi connectivity index (χ0n) is 28.0. The Kier molecular flexibility index (Phi) is 12.5. The van der Waals surface area contributed by atoms with Crippen LogP contribution in [0.2, 0.25) is 0 Å². The molecule has 2 saturated heterocycles. The largest absolute Gasteiger partial charge is 0.475 e. The zero-order valence-corrected chi connectivity index (χ0v) is 28.9. The molecule has 3 aromatic carbocycles. The van der Waals surface area contributed by atoms with Crippen molar-refractivity contribution in [2.24, 2.45) is 0 Å². The van der Waals surface area contributed by atoms with Gasteiger partial charge in [0.05, 0.1) is 44.7 Å². The molecule has 0 aromatic heterocycles. The summed E-state index contributed by atoms with van der Waals surface area (Å²) < 4.78 is 65.5. The summed E-state index contributed by atoms with van der Waals surface area (Å²) in [5, 5.41) is 0. The van der Waals surface area contributed by atoms with E-state index in [1.807, 2.05) is 105 Å².